The topological polar surface area (TPSA) is 12.9 Å². The van der Waals surface area contributed by atoms with E-state index >= 15 is 0 Å². The van der Waals surface area contributed by atoms with E-state index < -0.39 is 0 Å². The largest absolute Gasteiger partial charge is 0.256 e. The normalized spacial score (nSPS) is 19.1. The molecule has 4 rings (SSSR count). The molecule has 2 aliphatic rings. The van der Waals surface area contributed by atoms with E-state index in [1.807, 2.05) is 20.0 Å². The highest BCUT2D eigenvalue weighted by molar-refractivity contribution is 6.00. The van der Waals surface area contributed by atoms with Crippen molar-refractivity contribution >= 4 is 16.3 Å². The van der Waals surface area contributed by atoms with Gasteiger partial charge in [-0.2, -0.15) is 0 Å². The van der Waals surface area contributed by atoms with Crippen LogP contribution in [0.4, 0.5) is 0 Å². The number of rotatable bonds is 2. The lowest BCUT2D eigenvalue weighted by atomic mass is 9.61. The molecule has 31 heavy (non-hydrogen) atoms. The van der Waals surface area contributed by atoms with Crippen molar-refractivity contribution in [3.8, 4) is 0 Å². The Bertz CT molecular complexity index is 990. The summed E-state index contributed by atoms with van der Waals surface area (Å²) in [5.74, 6) is 1.36. The van der Waals surface area contributed by atoms with Gasteiger partial charge in [0.15, 0.2) is 0 Å². The van der Waals surface area contributed by atoms with Gasteiger partial charge in [0.2, 0.25) is 0 Å². The van der Waals surface area contributed by atoms with Crippen molar-refractivity contribution in [1.29, 1.82) is 0 Å². The van der Waals surface area contributed by atoms with Gasteiger partial charge in [0.05, 0.1) is 5.69 Å². The van der Waals surface area contributed by atoms with Gasteiger partial charge in [0.25, 0.3) is 0 Å². The number of benzene rings is 1. The van der Waals surface area contributed by atoms with Crippen molar-refractivity contribution in [3.05, 3.63) is 70.6 Å². The van der Waals surface area contributed by atoms with Crippen molar-refractivity contribution in [2.45, 2.75) is 87.5 Å². The van der Waals surface area contributed by atoms with Gasteiger partial charge in [-0.15, -0.1) is 0 Å². The number of pyridine rings is 1. The van der Waals surface area contributed by atoms with Gasteiger partial charge < -0.3 is 0 Å². The third-order valence-electron chi connectivity index (χ3n) is 6.25. The third kappa shape index (κ3) is 4.86. The van der Waals surface area contributed by atoms with Crippen LogP contribution in [0.1, 0.15) is 93.3 Å². The molecule has 0 saturated carbocycles. The number of aromatic nitrogens is 1. The Hall–Kier alpha value is -2.15. The van der Waals surface area contributed by atoms with E-state index in [1.54, 1.807) is 0 Å². The molecule has 2 aliphatic carbocycles. The van der Waals surface area contributed by atoms with Crippen LogP contribution in [0.3, 0.4) is 0 Å². The molecule has 0 radical (unpaired) electrons. The molecule has 0 spiro atoms. The lowest BCUT2D eigenvalue weighted by Crippen LogP contribution is -2.31. The van der Waals surface area contributed by atoms with Gasteiger partial charge in [-0.1, -0.05) is 84.4 Å². The molecule has 168 valence electrons. The second-order valence-electron chi connectivity index (χ2n) is 9.82. The summed E-state index contributed by atoms with van der Waals surface area (Å²) < 4.78 is 0. The van der Waals surface area contributed by atoms with Crippen LogP contribution in [-0.2, 0) is 5.41 Å². The lowest BCUT2D eigenvalue weighted by molar-refractivity contribution is 0.581. The van der Waals surface area contributed by atoms with Gasteiger partial charge in [0, 0.05) is 17.0 Å². The highest BCUT2D eigenvalue weighted by Gasteiger charge is 2.41. The number of hydrogen-bond donors (Lipinski definition) is 0. The van der Waals surface area contributed by atoms with Gasteiger partial charge in [-0.25, -0.2) is 0 Å². The van der Waals surface area contributed by atoms with E-state index in [1.165, 1.54) is 44.3 Å². The van der Waals surface area contributed by atoms with E-state index in [-0.39, 0.29) is 5.41 Å². The predicted octanol–water partition coefficient (Wildman–Crippen LogP) is 9.29. The molecular weight excluding hydrogens is 374 g/mol. The van der Waals surface area contributed by atoms with Crippen molar-refractivity contribution < 1.29 is 0 Å². The molecule has 2 aromatic rings. The van der Waals surface area contributed by atoms with E-state index in [9.17, 15) is 0 Å². The van der Waals surface area contributed by atoms with Crippen LogP contribution in [0.5, 0.6) is 0 Å². The average Bonchev–Trinajstić information content (AvgIpc) is 2.73. The van der Waals surface area contributed by atoms with E-state index in [0.29, 0.717) is 5.92 Å². The molecule has 0 amide bonds. The minimum absolute atomic E-state index is 0.0187. The van der Waals surface area contributed by atoms with Gasteiger partial charge in [-0.3, -0.25) is 4.98 Å². The van der Waals surface area contributed by atoms with Crippen molar-refractivity contribution in [3.63, 3.8) is 0 Å². The van der Waals surface area contributed by atoms with E-state index in [2.05, 4.69) is 91.8 Å². The molecule has 1 nitrogen and oxygen atoms in total. The molecule has 1 aromatic carbocycles. The Kier molecular flexibility index (Phi) is 8.46. The second kappa shape index (κ2) is 10.4. The van der Waals surface area contributed by atoms with Crippen molar-refractivity contribution in [2.75, 3.05) is 0 Å². The zero-order valence-corrected chi connectivity index (χ0v) is 21.6. The van der Waals surface area contributed by atoms with Crippen LogP contribution in [0.2, 0.25) is 0 Å². The number of hydrogen-bond acceptors (Lipinski definition) is 1. The van der Waals surface area contributed by atoms with Crippen LogP contribution in [0, 0.1) is 11.8 Å². The molecule has 0 fully saturated rings. The Labute approximate surface area is 191 Å². The molecule has 0 bridgehead atoms. The predicted molar refractivity (Wildman–Crippen MR) is 139 cm³/mol. The number of fused-ring (bicyclic) bond motifs is 1. The zero-order chi connectivity index (χ0) is 23.3. The summed E-state index contributed by atoms with van der Waals surface area (Å²) in [6, 6.07) is 8.88. The highest BCUT2D eigenvalue weighted by atomic mass is 14.7. The molecule has 0 aliphatic heterocycles. The van der Waals surface area contributed by atoms with Crippen LogP contribution < -0.4 is 0 Å². The molecule has 1 atom stereocenters. The maximum Gasteiger partial charge on any atom is 0.0749 e. The van der Waals surface area contributed by atoms with Gasteiger partial charge >= 0.3 is 0 Å². The summed E-state index contributed by atoms with van der Waals surface area (Å²) in [6.45, 7) is 22.0. The summed E-state index contributed by atoms with van der Waals surface area (Å²) >= 11 is 0. The minimum atomic E-state index is 0.0187. The first-order valence-electron chi connectivity index (χ1n) is 12.1. The maximum atomic E-state index is 4.90. The fourth-order valence-electron chi connectivity index (χ4n) is 4.95. The first-order chi connectivity index (χ1) is 14.7. The average molecular weight is 418 g/mol. The smallest absolute Gasteiger partial charge is 0.0749 e. The molecule has 0 N–H and O–H groups in total. The van der Waals surface area contributed by atoms with E-state index in [0.717, 1.165) is 18.8 Å². The molecule has 1 unspecified atom stereocenters. The molecule has 1 heteroatoms. The quantitative estimate of drug-likeness (QED) is 0.443. The fraction of sp³-hybridized carbons (Fsp3) is 0.500. The Morgan fingerprint density at radius 3 is 2.35 bits per heavy atom. The summed E-state index contributed by atoms with van der Waals surface area (Å²) in [6.07, 6.45) is 8.72. The summed E-state index contributed by atoms with van der Waals surface area (Å²) in [5.41, 5.74) is 8.69. The molecule has 1 heterocycles. The molecule has 0 saturated heterocycles. The maximum absolute atomic E-state index is 4.90. The third-order valence-corrected chi connectivity index (χ3v) is 6.25. The molecular formula is C30H43N. The Morgan fingerprint density at radius 2 is 1.74 bits per heavy atom. The SMILES string of the molecule is CC.CC(C)C.CC=CCC1CC(C)=C(C)C2=C1c1nccc3cccc(c13)C2(C)C. The van der Waals surface area contributed by atoms with Crippen LogP contribution in [0.15, 0.2) is 59.3 Å². The minimum Gasteiger partial charge on any atom is -0.256 e. The van der Waals surface area contributed by atoms with Crippen LogP contribution >= 0.6 is 0 Å². The summed E-state index contributed by atoms with van der Waals surface area (Å²) in [4.78, 5) is 4.90. The Morgan fingerprint density at radius 1 is 1.10 bits per heavy atom. The first-order valence-corrected chi connectivity index (χ1v) is 12.1. The monoisotopic (exact) mass is 417 g/mol. The lowest BCUT2D eigenvalue weighted by Gasteiger charge is -2.42. The van der Waals surface area contributed by atoms with E-state index in [4.69, 9.17) is 4.98 Å². The molecule has 1 aromatic heterocycles. The van der Waals surface area contributed by atoms with Crippen LogP contribution in [-0.4, -0.2) is 4.98 Å². The van der Waals surface area contributed by atoms with Crippen molar-refractivity contribution in [2.24, 2.45) is 11.8 Å². The standard InChI is InChI=1S/C24H27N.C4H10.C2H6/c1-6-7-9-18-14-15(2)16(3)22-21(18)23-20-17(12-13-25-23)10-8-11-19(20)24(22,4)5;1-4(2)3;1-2/h6-8,10-13,18H,9,14H2,1-5H3;4H,1-3H3;1-2H3. The number of allylic oxidation sites excluding steroid dienone is 6. The zero-order valence-electron chi connectivity index (χ0n) is 21.6. The fourth-order valence-corrected chi connectivity index (χ4v) is 4.95. The Balaban J connectivity index is 0.000000513. The first kappa shape index (κ1) is 25.1. The van der Waals surface area contributed by atoms with Gasteiger partial charge in [-0.05, 0) is 79.2 Å². The highest BCUT2D eigenvalue weighted by Crippen LogP contribution is 2.54. The van der Waals surface area contributed by atoms with Crippen molar-refractivity contribution in [1.82, 2.24) is 4.98 Å². The summed E-state index contributed by atoms with van der Waals surface area (Å²) in [7, 11) is 0. The van der Waals surface area contributed by atoms with Crippen LogP contribution in [0.25, 0.3) is 16.3 Å². The second-order valence-corrected chi connectivity index (χ2v) is 9.82. The number of nitrogens with zero attached hydrogens (tertiary/aromatic N) is 1. The van der Waals surface area contributed by atoms with Gasteiger partial charge in [0.1, 0.15) is 0 Å². The summed E-state index contributed by atoms with van der Waals surface area (Å²) in [5, 5.41) is 2.68.